The molecule has 0 bridgehead atoms. The van der Waals surface area contributed by atoms with Gasteiger partial charge in [-0.05, 0) is 47.4 Å². The number of benzene rings is 1. The molecule has 0 saturated carbocycles. The Balaban J connectivity index is 0.00000162. The fourth-order valence-electron chi connectivity index (χ4n) is 2.27. The molecule has 0 radical (unpaired) electrons. The molecule has 1 aliphatic rings. The third kappa shape index (κ3) is 3.31. The Kier molecular flexibility index (Phi) is 6.26. The number of methoxy groups -OCH3 is 2. The van der Waals surface area contributed by atoms with Crippen molar-refractivity contribution in [2.75, 3.05) is 20.8 Å². The quantitative estimate of drug-likeness (QED) is 0.913. The van der Waals surface area contributed by atoms with Gasteiger partial charge in [0, 0.05) is 11.6 Å². The summed E-state index contributed by atoms with van der Waals surface area (Å²) >= 11 is 3.48. The van der Waals surface area contributed by atoms with Crippen molar-refractivity contribution in [2.24, 2.45) is 0 Å². The van der Waals surface area contributed by atoms with Crippen LogP contribution in [0.3, 0.4) is 0 Å². The molecular formula is C13H19BrClNO2. The van der Waals surface area contributed by atoms with Crippen LogP contribution in [0.15, 0.2) is 16.6 Å². The van der Waals surface area contributed by atoms with E-state index in [0.29, 0.717) is 6.04 Å². The zero-order valence-electron chi connectivity index (χ0n) is 10.7. The summed E-state index contributed by atoms with van der Waals surface area (Å²) in [6.45, 7) is 1.08. The second kappa shape index (κ2) is 7.22. The normalized spacial score (nSPS) is 18.9. The second-order valence-electron chi connectivity index (χ2n) is 4.23. The van der Waals surface area contributed by atoms with E-state index in [2.05, 4.69) is 27.3 Å². The van der Waals surface area contributed by atoms with Gasteiger partial charge in [0.2, 0.25) is 0 Å². The van der Waals surface area contributed by atoms with E-state index in [1.54, 1.807) is 14.2 Å². The molecule has 1 saturated heterocycles. The van der Waals surface area contributed by atoms with E-state index >= 15 is 0 Å². The molecule has 2 rings (SSSR count). The largest absolute Gasteiger partial charge is 0.496 e. The molecule has 1 N–H and O–H groups in total. The van der Waals surface area contributed by atoms with Crippen molar-refractivity contribution >= 4 is 28.3 Å². The topological polar surface area (TPSA) is 30.5 Å². The van der Waals surface area contributed by atoms with Crippen LogP contribution < -0.4 is 14.8 Å². The Hall–Kier alpha value is -0.450. The van der Waals surface area contributed by atoms with Gasteiger partial charge in [-0.15, -0.1) is 12.4 Å². The number of piperidine rings is 1. The third-order valence-electron chi connectivity index (χ3n) is 3.19. The van der Waals surface area contributed by atoms with Crippen LogP contribution in [0.1, 0.15) is 30.9 Å². The average Bonchev–Trinajstić information content (AvgIpc) is 2.39. The molecule has 0 aliphatic carbocycles. The molecule has 0 amide bonds. The highest BCUT2D eigenvalue weighted by atomic mass is 79.9. The Morgan fingerprint density at radius 3 is 2.44 bits per heavy atom. The summed E-state index contributed by atoms with van der Waals surface area (Å²) in [5.41, 5.74) is 1.19. The zero-order chi connectivity index (χ0) is 12.3. The molecule has 1 aromatic carbocycles. The van der Waals surface area contributed by atoms with Crippen LogP contribution in [-0.4, -0.2) is 20.8 Å². The summed E-state index contributed by atoms with van der Waals surface area (Å²) in [4.78, 5) is 0. The van der Waals surface area contributed by atoms with Crippen molar-refractivity contribution in [1.82, 2.24) is 5.32 Å². The molecule has 5 heteroatoms. The number of halogens is 2. The highest BCUT2D eigenvalue weighted by Crippen LogP contribution is 2.37. The van der Waals surface area contributed by atoms with E-state index in [1.807, 2.05) is 6.07 Å². The number of nitrogens with one attached hydrogen (secondary N) is 1. The molecule has 0 unspecified atom stereocenters. The van der Waals surface area contributed by atoms with Crippen molar-refractivity contribution in [3.05, 3.63) is 22.2 Å². The van der Waals surface area contributed by atoms with E-state index in [4.69, 9.17) is 9.47 Å². The average molecular weight is 337 g/mol. The van der Waals surface area contributed by atoms with Gasteiger partial charge in [-0.2, -0.15) is 0 Å². The van der Waals surface area contributed by atoms with Crippen LogP contribution in [0.5, 0.6) is 11.5 Å². The maximum atomic E-state index is 5.45. The fraction of sp³-hybridized carbons (Fsp3) is 0.538. The van der Waals surface area contributed by atoms with Gasteiger partial charge in [0.05, 0.1) is 18.7 Å². The first-order valence-electron chi connectivity index (χ1n) is 5.91. The molecule has 0 aromatic heterocycles. The van der Waals surface area contributed by atoms with E-state index in [0.717, 1.165) is 28.9 Å². The molecule has 18 heavy (non-hydrogen) atoms. The van der Waals surface area contributed by atoms with Gasteiger partial charge in [-0.1, -0.05) is 6.42 Å². The molecule has 1 atom stereocenters. The summed E-state index contributed by atoms with van der Waals surface area (Å²) in [7, 11) is 3.39. The Morgan fingerprint density at radius 1 is 1.17 bits per heavy atom. The lowest BCUT2D eigenvalue weighted by Gasteiger charge is -2.26. The van der Waals surface area contributed by atoms with E-state index in [1.165, 1.54) is 18.4 Å². The summed E-state index contributed by atoms with van der Waals surface area (Å²) in [5.74, 6) is 1.77. The highest BCUT2D eigenvalue weighted by molar-refractivity contribution is 9.10. The van der Waals surface area contributed by atoms with Crippen LogP contribution in [0.25, 0.3) is 0 Å². The maximum absolute atomic E-state index is 5.45. The predicted molar refractivity (Wildman–Crippen MR) is 79.1 cm³/mol. The van der Waals surface area contributed by atoms with Gasteiger partial charge in [0.25, 0.3) is 0 Å². The second-order valence-corrected chi connectivity index (χ2v) is 5.09. The van der Waals surface area contributed by atoms with Crippen LogP contribution in [0.4, 0.5) is 0 Å². The highest BCUT2D eigenvalue weighted by Gasteiger charge is 2.20. The minimum Gasteiger partial charge on any atom is -0.496 e. The van der Waals surface area contributed by atoms with Crippen molar-refractivity contribution in [3.8, 4) is 11.5 Å². The monoisotopic (exact) mass is 335 g/mol. The summed E-state index contributed by atoms with van der Waals surface area (Å²) in [6, 6.07) is 4.41. The van der Waals surface area contributed by atoms with Gasteiger partial charge < -0.3 is 14.8 Å². The van der Waals surface area contributed by atoms with E-state index in [9.17, 15) is 0 Å². The molecule has 1 aliphatic heterocycles. The SMILES string of the molecule is COc1cc([C@@H]2CCCCN2)c(OC)cc1Br.Cl. The minimum atomic E-state index is 0. The number of ether oxygens (including phenoxy) is 2. The minimum absolute atomic E-state index is 0. The third-order valence-corrected chi connectivity index (χ3v) is 3.81. The maximum Gasteiger partial charge on any atom is 0.133 e. The summed E-state index contributed by atoms with van der Waals surface area (Å²) in [5, 5.41) is 3.53. The van der Waals surface area contributed by atoms with Gasteiger partial charge in [0.1, 0.15) is 11.5 Å². The Morgan fingerprint density at radius 2 is 1.89 bits per heavy atom. The van der Waals surface area contributed by atoms with Gasteiger partial charge in [0.15, 0.2) is 0 Å². The molecule has 0 spiro atoms. The van der Waals surface area contributed by atoms with Gasteiger partial charge >= 0.3 is 0 Å². The molecule has 1 fully saturated rings. The van der Waals surface area contributed by atoms with Gasteiger partial charge in [-0.25, -0.2) is 0 Å². The predicted octanol–water partition coefficient (Wildman–Crippen LogP) is 3.70. The first kappa shape index (κ1) is 15.6. The lowest BCUT2D eigenvalue weighted by molar-refractivity contribution is 0.367. The van der Waals surface area contributed by atoms with Crippen molar-refractivity contribution in [1.29, 1.82) is 0 Å². The lowest BCUT2D eigenvalue weighted by atomic mass is 9.96. The fourth-order valence-corrected chi connectivity index (χ4v) is 2.76. The molecular weight excluding hydrogens is 318 g/mol. The van der Waals surface area contributed by atoms with Crippen LogP contribution in [0, 0.1) is 0 Å². The van der Waals surface area contributed by atoms with Crippen molar-refractivity contribution < 1.29 is 9.47 Å². The number of hydrogen-bond donors (Lipinski definition) is 1. The van der Waals surface area contributed by atoms with E-state index in [-0.39, 0.29) is 12.4 Å². The van der Waals surface area contributed by atoms with E-state index < -0.39 is 0 Å². The first-order valence-corrected chi connectivity index (χ1v) is 6.70. The van der Waals surface area contributed by atoms with Crippen LogP contribution >= 0.6 is 28.3 Å². The van der Waals surface area contributed by atoms with Crippen molar-refractivity contribution in [2.45, 2.75) is 25.3 Å². The standard InChI is InChI=1S/C13H18BrNO2.ClH/c1-16-12-8-10(14)13(17-2)7-9(12)11-5-3-4-6-15-11;/h7-8,11,15H,3-6H2,1-2H3;1H/t11-;/m0./s1. The van der Waals surface area contributed by atoms with Crippen LogP contribution in [-0.2, 0) is 0 Å². The Labute approximate surface area is 123 Å². The zero-order valence-corrected chi connectivity index (χ0v) is 13.1. The number of rotatable bonds is 3. The lowest BCUT2D eigenvalue weighted by Crippen LogP contribution is -2.27. The molecule has 3 nitrogen and oxygen atoms in total. The van der Waals surface area contributed by atoms with Crippen LogP contribution in [0.2, 0.25) is 0 Å². The number of hydrogen-bond acceptors (Lipinski definition) is 3. The molecule has 1 aromatic rings. The smallest absolute Gasteiger partial charge is 0.133 e. The summed E-state index contributed by atoms with van der Waals surface area (Å²) < 4.78 is 11.7. The van der Waals surface area contributed by atoms with Gasteiger partial charge in [-0.3, -0.25) is 0 Å². The van der Waals surface area contributed by atoms with Crippen molar-refractivity contribution in [3.63, 3.8) is 0 Å². The summed E-state index contributed by atoms with van der Waals surface area (Å²) in [6.07, 6.45) is 3.67. The molecule has 1 heterocycles. The molecule has 102 valence electrons. The first-order chi connectivity index (χ1) is 8.26. The Bertz CT molecular complexity index is 395.